The number of amides is 1. The number of fused-ring (bicyclic) bond motifs is 1. The molecule has 1 atom stereocenters. The monoisotopic (exact) mass is 416 g/mol. The molecule has 1 amide bonds. The molecule has 0 spiro atoms. The van der Waals surface area contributed by atoms with Gasteiger partial charge in [-0.1, -0.05) is 30.3 Å². The van der Waals surface area contributed by atoms with Crippen LogP contribution in [0.1, 0.15) is 29.8 Å². The van der Waals surface area contributed by atoms with Crippen LogP contribution in [0.25, 0.3) is 0 Å². The minimum Gasteiger partial charge on any atom is -0.481 e. The molecule has 1 N–H and O–H groups in total. The first-order valence-electron chi connectivity index (χ1n) is 9.41. The summed E-state index contributed by atoms with van der Waals surface area (Å²) in [4.78, 5) is 23.7. The van der Waals surface area contributed by atoms with Gasteiger partial charge in [0.1, 0.15) is 5.75 Å². The summed E-state index contributed by atoms with van der Waals surface area (Å²) in [6.07, 6.45) is -0.140. The Morgan fingerprint density at radius 2 is 1.93 bits per heavy atom. The van der Waals surface area contributed by atoms with Crippen LogP contribution >= 0.6 is 0 Å². The van der Waals surface area contributed by atoms with E-state index in [2.05, 4.69) is 5.32 Å². The van der Waals surface area contributed by atoms with Crippen molar-refractivity contribution in [3.8, 4) is 5.75 Å². The van der Waals surface area contributed by atoms with Gasteiger partial charge in [-0.15, -0.1) is 0 Å². The number of benzene rings is 2. The molecule has 0 bridgehead atoms. The van der Waals surface area contributed by atoms with Gasteiger partial charge in [-0.2, -0.15) is 0 Å². The van der Waals surface area contributed by atoms with Gasteiger partial charge in [-0.25, -0.2) is 8.42 Å². The van der Waals surface area contributed by atoms with E-state index in [1.807, 2.05) is 18.2 Å². The highest BCUT2D eigenvalue weighted by atomic mass is 32.2. The van der Waals surface area contributed by atoms with Gasteiger partial charge in [0.2, 0.25) is 10.0 Å². The smallest absolute Gasteiger partial charge is 0.260 e. The van der Waals surface area contributed by atoms with Crippen molar-refractivity contribution in [2.75, 3.05) is 23.1 Å². The fraction of sp³-hybridized carbons (Fsp3) is 0.333. The number of nitrogens with zero attached hydrogens (tertiary/aromatic N) is 1. The Morgan fingerprint density at radius 3 is 2.69 bits per heavy atom. The fourth-order valence-corrected chi connectivity index (χ4v) is 4.63. The Balaban J connectivity index is 1.53. The minimum absolute atomic E-state index is 0.0129. The molecule has 2 aromatic rings. The Bertz CT molecular complexity index is 1020. The molecule has 8 heteroatoms. The number of hydrogen-bond acceptors (Lipinski definition) is 5. The van der Waals surface area contributed by atoms with E-state index in [0.717, 1.165) is 5.56 Å². The topological polar surface area (TPSA) is 92.8 Å². The molecule has 0 radical (unpaired) electrons. The van der Waals surface area contributed by atoms with Gasteiger partial charge in [0, 0.05) is 18.7 Å². The van der Waals surface area contributed by atoms with E-state index < -0.39 is 22.0 Å². The Labute approximate surface area is 170 Å². The predicted octanol–water partition coefficient (Wildman–Crippen LogP) is 2.17. The second-order valence-corrected chi connectivity index (χ2v) is 8.91. The number of sulfonamides is 1. The van der Waals surface area contributed by atoms with Crippen LogP contribution in [0, 0.1) is 0 Å². The second kappa shape index (κ2) is 8.65. The highest BCUT2D eigenvalue weighted by Crippen LogP contribution is 2.29. The largest absolute Gasteiger partial charge is 0.481 e. The van der Waals surface area contributed by atoms with Gasteiger partial charge >= 0.3 is 0 Å². The van der Waals surface area contributed by atoms with Gasteiger partial charge in [0.25, 0.3) is 5.91 Å². The molecule has 0 saturated carbocycles. The number of rotatable bonds is 8. The summed E-state index contributed by atoms with van der Waals surface area (Å²) in [6, 6.07) is 14.0. The van der Waals surface area contributed by atoms with Gasteiger partial charge in [-0.3, -0.25) is 13.9 Å². The first-order chi connectivity index (χ1) is 13.8. The second-order valence-electron chi connectivity index (χ2n) is 6.90. The summed E-state index contributed by atoms with van der Waals surface area (Å²) < 4.78 is 32.3. The quantitative estimate of drug-likeness (QED) is 0.666. The summed E-state index contributed by atoms with van der Waals surface area (Å²) in [5.74, 6) is -0.308. The summed E-state index contributed by atoms with van der Waals surface area (Å²) in [5.41, 5.74) is 2.21. The summed E-state index contributed by atoms with van der Waals surface area (Å²) >= 11 is 0. The lowest BCUT2D eigenvalue weighted by Gasteiger charge is -2.20. The first-order valence-corrected chi connectivity index (χ1v) is 11.0. The molecule has 0 aromatic heterocycles. The van der Waals surface area contributed by atoms with Crippen LogP contribution in [0.5, 0.6) is 5.75 Å². The Kier molecular flexibility index (Phi) is 6.22. The molecule has 29 heavy (non-hydrogen) atoms. The molecule has 0 saturated heterocycles. The maximum atomic E-state index is 12.7. The van der Waals surface area contributed by atoms with E-state index in [4.69, 9.17) is 4.74 Å². The molecule has 1 aliphatic heterocycles. The van der Waals surface area contributed by atoms with Crippen molar-refractivity contribution in [1.82, 2.24) is 5.32 Å². The van der Waals surface area contributed by atoms with Crippen molar-refractivity contribution < 1.29 is 22.7 Å². The van der Waals surface area contributed by atoms with Crippen LogP contribution in [-0.4, -0.2) is 45.1 Å². The minimum atomic E-state index is -3.53. The molecule has 154 valence electrons. The molecule has 1 aliphatic rings. The number of carbonyl (C=O) groups is 2. The highest BCUT2D eigenvalue weighted by Gasteiger charge is 2.29. The van der Waals surface area contributed by atoms with E-state index in [1.165, 1.54) is 11.2 Å². The number of para-hydroxylation sites is 1. The standard InChI is InChI=1S/C21H24N2O5S/c1-15(24)18-7-5-8-19(14-18)28-16(2)21(25)22-11-13-29(26,27)23-12-10-17-6-3-4-9-20(17)23/h3-9,14,16H,10-13H2,1-2H3,(H,22,25). The van der Waals surface area contributed by atoms with Crippen molar-refractivity contribution in [2.45, 2.75) is 26.4 Å². The number of ketones is 1. The van der Waals surface area contributed by atoms with Gasteiger partial charge < -0.3 is 10.1 Å². The zero-order valence-electron chi connectivity index (χ0n) is 16.4. The highest BCUT2D eigenvalue weighted by molar-refractivity contribution is 7.92. The third kappa shape index (κ3) is 4.95. The van der Waals surface area contributed by atoms with Crippen molar-refractivity contribution in [3.63, 3.8) is 0 Å². The summed E-state index contributed by atoms with van der Waals surface area (Å²) in [7, 11) is -3.53. The lowest BCUT2D eigenvalue weighted by Crippen LogP contribution is -2.41. The number of nitrogens with one attached hydrogen (secondary N) is 1. The number of Topliss-reactive ketones (excluding diaryl/α,β-unsaturated/α-hetero) is 1. The summed E-state index contributed by atoms with van der Waals surface area (Å²) in [6.45, 7) is 3.43. The lowest BCUT2D eigenvalue weighted by molar-refractivity contribution is -0.127. The molecule has 7 nitrogen and oxygen atoms in total. The van der Waals surface area contributed by atoms with Crippen molar-refractivity contribution >= 4 is 27.4 Å². The number of hydrogen-bond donors (Lipinski definition) is 1. The third-order valence-electron chi connectivity index (χ3n) is 4.76. The number of ether oxygens (including phenoxy) is 1. The van der Waals surface area contributed by atoms with Crippen LogP contribution in [0.3, 0.4) is 0 Å². The van der Waals surface area contributed by atoms with Crippen LogP contribution in [-0.2, 0) is 21.2 Å². The zero-order valence-corrected chi connectivity index (χ0v) is 17.2. The molecule has 0 aliphatic carbocycles. The zero-order chi connectivity index (χ0) is 21.0. The molecule has 1 heterocycles. The van der Waals surface area contributed by atoms with E-state index >= 15 is 0 Å². The van der Waals surface area contributed by atoms with Crippen molar-refractivity contribution in [1.29, 1.82) is 0 Å². The molecule has 0 fully saturated rings. The normalized spacial score (nSPS) is 14.2. The van der Waals surface area contributed by atoms with Gasteiger partial charge in [-0.05, 0) is 44.0 Å². The van der Waals surface area contributed by atoms with Gasteiger partial charge in [0.15, 0.2) is 11.9 Å². The SMILES string of the molecule is CC(=O)c1cccc(OC(C)C(=O)NCCS(=O)(=O)N2CCc3ccccc32)c1. The average Bonchev–Trinajstić information content (AvgIpc) is 3.13. The lowest BCUT2D eigenvalue weighted by atomic mass is 10.1. The molecule has 1 unspecified atom stereocenters. The van der Waals surface area contributed by atoms with Crippen LogP contribution in [0.2, 0.25) is 0 Å². The molecule has 3 rings (SSSR count). The van der Waals surface area contributed by atoms with Gasteiger partial charge in [0.05, 0.1) is 11.4 Å². The summed E-state index contributed by atoms with van der Waals surface area (Å²) in [5, 5.41) is 2.61. The van der Waals surface area contributed by atoms with E-state index in [0.29, 0.717) is 30.0 Å². The molecule has 2 aromatic carbocycles. The van der Waals surface area contributed by atoms with E-state index in [9.17, 15) is 18.0 Å². The molecular formula is C21H24N2O5S. The first kappa shape index (κ1) is 20.9. The molecular weight excluding hydrogens is 392 g/mol. The van der Waals surface area contributed by atoms with Crippen LogP contribution < -0.4 is 14.4 Å². The van der Waals surface area contributed by atoms with Crippen LogP contribution in [0.4, 0.5) is 5.69 Å². The Hall–Kier alpha value is -2.87. The fourth-order valence-electron chi connectivity index (χ4n) is 3.20. The van der Waals surface area contributed by atoms with E-state index in [1.54, 1.807) is 37.3 Å². The third-order valence-corrected chi connectivity index (χ3v) is 6.53. The predicted molar refractivity (Wildman–Crippen MR) is 111 cm³/mol. The average molecular weight is 416 g/mol. The maximum absolute atomic E-state index is 12.7. The van der Waals surface area contributed by atoms with E-state index in [-0.39, 0.29) is 18.1 Å². The number of anilines is 1. The number of carbonyl (C=O) groups excluding carboxylic acids is 2. The van der Waals surface area contributed by atoms with Crippen molar-refractivity contribution in [3.05, 3.63) is 59.7 Å². The van der Waals surface area contributed by atoms with Crippen LogP contribution in [0.15, 0.2) is 48.5 Å². The van der Waals surface area contributed by atoms with Crippen molar-refractivity contribution in [2.24, 2.45) is 0 Å². The maximum Gasteiger partial charge on any atom is 0.260 e. The Morgan fingerprint density at radius 1 is 1.17 bits per heavy atom.